The lowest BCUT2D eigenvalue weighted by Gasteiger charge is -2.09. The second kappa shape index (κ2) is 6.33. The third kappa shape index (κ3) is 3.79. The van der Waals surface area contributed by atoms with Crippen molar-refractivity contribution in [1.29, 1.82) is 0 Å². The van der Waals surface area contributed by atoms with Crippen molar-refractivity contribution in [3.05, 3.63) is 58.3 Å². The van der Waals surface area contributed by atoms with Gasteiger partial charge in [0.2, 0.25) is 0 Å². The van der Waals surface area contributed by atoms with Gasteiger partial charge in [-0.1, -0.05) is 22.0 Å². The maximum Gasteiger partial charge on any atom is 0.339 e. The fourth-order valence-corrected chi connectivity index (χ4v) is 1.98. The zero-order valence-corrected chi connectivity index (χ0v) is 11.6. The molecule has 98 valence electrons. The number of aromatic carboxylic acids is 1. The van der Waals surface area contributed by atoms with Gasteiger partial charge in [-0.25, -0.2) is 4.79 Å². The molecular formula is C14H12BrNO3. The summed E-state index contributed by atoms with van der Waals surface area (Å²) < 4.78 is 6.24. The molecule has 5 heteroatoms. The highest BCUT2D eigenvalue weighted by Crippen LogP contribution is 2.23. The Morgan fingerprint density at radius 1 is 1.37 bits per heavy atom. The van der Waals surface area contributed by atoms with E-state index in [0.29, 0.717) is 23.2 Å². The SMILES string of the molecule is O=C(O)c1cc(Br)ccc1OCCc1cccnc1. The highest BCUT2D eigenvalue weighted by Gasteiger charge is 2.11. The largest absolute Gasteiger partial charge is 0.492 e. The number of ether oxygens (including phenoxy) is 1. The summed E-state index contributed by atoms with van der Waals surface area (Å²) in [6.07, 6.45) is 4.16. The van der Waals surface area contributed by atoms with Crippen molar-refractivity contribution in [2.24, 2.45) is 0 Å². The minimum Gasteiger partial charge on any atom is -0.492 e. The Morgan fingerprint density at radius 3 is 2.89 bits per heavy atom. The first-order valence-corrected chi connectivity index (χ1v) is 6.50. The number of aromatic nitrogens is 1. The van der Waals surface area contributed by atoms with E-state index in [1.165, 1.54) is 6.07 Å². The minimum atomic E-state index is -1.00. The predicted molar refractivity (Wildman–Crippen MR) is 74.5 cm³/mol. The molecule has 4 nitrogen and oxygen atoms in total. The van der Waals surface area contributed by atoms with Crippen molar-refractivity contribution in [1.82, 2.24) is 4.98 Å². The average Bonchev–Trinajstić information content (AvgIpc) is 2.41. The topological polar surface area (TPSA) is 59.4 Å². The maximum atomic E-state index is 11.1. The third-order valence-electron chi connectivity index (χ3n) is 2.54. The number of pyridine rings is 1. The van der Waals surface area contributed by atoms with Crippen LogP contribution in [0.2, 0.25) is 0 Å². The molecule has 0 saturated carbocycles. The summed E-state index contributed by atoms with van der Waals surface area (Å²) in [5.74, 6) is -0.628. The van der Waals surface area contributed by atoms with Crippen LogP contribution >= 0.6 is 15.9 Å². The van der Waals surface area contributed by atoms with Crippen LogP contribution in [0.5, 0.6) is 5.75 Å². The first-order valence-electron chi connectivity index (χ1n) is 5.71. The molecule has 0 bridgehead atoms. The lowest BCUT2D eigenvalue weighted by Crippen LogP contribution is -2.06. The second-order valence-electron chi connectivity index (χ2n) is 3.91. The lowest BCUT2D eigenvalue weighted by molar-refractivity contribution is 0.0692. The summed E-state index contributed by atoms with van der Waals surface area (Å²) in [4.78, 5) is 15.1. The first-order chi connectivity index (χ1) is 9.16. The van der Waals surface area contributed by atoms with E-state index >= 15 is 0 Å². The van der Waals surface area contributed by atoms with Crippen molar-refractivity contribution in [2.75, 3.05) is 6.61 Å². The quantitative estimate of drug-likeness (QED) is 0.918. The number of carboxylic acids is 1. The summed E-state index contributed by atoms with van der Waals surface area (Å²) in [6.45, 7) is 0.410. The van der Waals surface area contributed by atoms with Crippen LogP contribution in [0.4, 0.5) is 0 Å². The van der Waals surface area contributed by atoms with Crippen LogP contribution < -0.4 is 4.74 Å². The van der Waals surface area contributed by atoms with Crippen molar-refractivity contribution >= 4 is 21.9 Å². The Kier molecular flexibility index (Phi) is 4.52. The van der Waals surface area contributed by atoms with E-state index in [9.17, 15) is 4.79 Å². The number of carbonyl (C=O) groups is 1. The Bertz CT molecular complexity index is 572. The summed E-state index contributed by atoms with van der Waals surface area (Å²) in [5, 5.41) is 9.10. The van der Waals surface area contributed by atoms with E-state index in [2.05, 4.69) is 20.9 Å². The molecule has 0 aliphatic carbocycles. The molecule has 0 saturated heterocycles. The van der Waals surface area contributed by atoms with E-state index in [1.807, 2.05) is 12.1 Å². The molecule has 0 aliphatic heterocycles. The van der Waals surface area contributed by atoms with E-state index in [-0.39, 0.29) is 5.56 Å². The molecule has 19 heavy (non-hydrogen) atoms. The van der Waals surface area contributed by atoms with Gasteiger partial charge in [0.1, 0.15) is 11.3 Å². The van der Waals surface area contributed by atoms with Crippen LogP contribution in [-0.4, -0.2) is 22.7 Å². The summed E-state index contributed by atoms with van der Waals surface area (Å²) in [6, 6.07) is 8.75. The Labute approximate surface area is 119 Å². The van der Waals surface area contributed by atoms with Crippen LogP contribution in [0.15, 0.2) is 47.2 Å². The molecule has 2 aromatic rings. The van der Waals surface area contributed by atoms with Gasteiger partial charge >= 0.3 is 5.97 Å². The number of benzene rings is 1. The number of hydrogen-bond acceptors (Lipinski definition) is 3. The third-order valence-corrected chi connectivity index (χ3v) is 3.04. The molecule has 0 aliphatic rings. The smallest absolute Gasteiger partial charge is 0.339 e. The van der Waals surface area contributed by atoms with Gasteiger partial charge in [-0.3, -0.25) is 4.98 Å². The second-order valence-corrected chi connectivity index (χ2v) is 4.82. The van der Waals surface area contributed by atoms with Crippen molar-refractivity contribution < 1.29 is 14.6 Å². The monoisotopic (exact) mass is 321 g/mol. The molecular weight excluding hydrogens is 310 g/mol. The zero-order chi connectivity index (χ0) is 13.7. The minimum absolute atomic E-state index is 0.153. The van der Waals surface area contributed by atoms with Crippen molar-refractivity contribution in [3.63, 3.8) is 0 Å². The number of nitrogens with zero attached hydrogens (tertiary/aromatic N) is 1. The van der Waals surface area contributed by atoms with Crippen molar-refractivity contribution in [2.45, 2.75) is 6.42 Å². The molecule has 0 radical (unpaired) electrons. The van der Waals surface area contributed by atoms with E-state index in [1.54, 1.807) is 24.5 Å². The predicted octanol–water partition coefficient (Wildman–Crippen LogP) is 3.16. The van der Waals surface area contributed by atoms with Gasteiger partial charge in [0.25, 0.3) is 0 Å². The summed E-state index contributed by atoms with van der Waals surface area (Å²) >= 11 is 3.24. The van der Waals surface area contributed by atoms with Crippen LogP contribution in [0.1, 0.15) is 15.9 Å². The maximum absolute atomic E-state index is 11.1. The molecule has 1 aromatic heterocycles. The highest BCUT2D eigenvalue weighted by atomic mass is 79.9. The van der Waals surface area contributed by atoms with Crippen LogP contribution in [0.3, 0.4) is 0 Å². The molecule has 1 aromatic carbocycles. The zero-order valence-electron chi connectivity index (χ0n) is 10.0. The van der Waals surface area contributed by atoms with E-state index in [0.717, 1.165) is 5.56 Å². The van der Waals surface area contributed by atoms with Gasteiger partial charge in [0, 0.05) is 23.3 Å². The number of carboxylic acid groups (broad SMARTS) is 1. The van der Waals surface area contributed by atoms with Gasteiger partial charge in [-0.15, -0.1) is 0 Å². The normalized spacial score (nSPS) is 10.2. The highest BCUT2D eigenvalue weighted by molar-refractivity contribution is 9.10. The van der Waals surface area contributed by atoms with Gasteiger partial charge in [0.05, 0.1) is 6.61 Å². The summed E-state index contributed by atoms with van der Waals surface area (Å²) in [5.41, 5.74) is 1.21. The van der Waals surface area contributed by atoms with Gasteiger partial charge in [0.15, 0.2) is 0 Å². The fraction of sp³-hybridized carbons (Fsp3) is 0.143. The van der Waals surface area contributed by atoms with Crippen molar-refractivity contribution in [3.8, 4) is 5.75 Å². The molecule has 0 spiro atoms. The lowest BCUT2D eigenvalue weighted by atomic mass is 10.2. The van der Waals surface area contributed by atoms with E-state index < -0.39 is 5.97 Å². The molecule has 2 rings (SSSR count). The molecule has 0 fully saturated rings. The molecule has 1 N–H and O–H groups in total. The molecule has 0 atom stereocenters. The van der Waals surface area contributed by atoms with Gasteiger partial charge in [-0.05, 0) is 29.8 Å². The fourth-order valence-electron chi connectivity index (χ4n) is 1.62. The van der Waals surface area contributed by atoms with Gasteiger partial charge < -0.3 is 9.84 Å². The first kappa shape index (κ1) is 13.5. The Morgan fingerprint density at radius 2 is 2.21 bits per heavy atom. The summed E-state index contributed by atoms with van der Waals surface area (Å²) in [7, 11) is 0. The number of hydrogen-bond donors (Lipinski definition) is 1. The molecule has 0 amide bonds. The molecule has 1 heterocycles. The standard InChI is InChI=1S/C14H12BrNO3/c15-11-3-4-13(12(8-11)14(17)18)19-7-5-10-2-1-6-16-9-10/h1-4,6,8-9H,5,7H2,(H,17,18). The Balaban J connectivity index is 2.02. The van der Waals surface area contributed by atoms with Crippen LogP contribution in [0.25, 0.3) is 0 Å². The Hall–Kier alpha value is -1.88. The number of halogens is 1. The number of rotatable bonds is 5. The van der Waals surface area contributed by atoms with Crippen LogP contribution in [0, 0.1) is 0 Å². The average molecular weight is 322 g/mol. The van der Waals surface area contributed by atoms with E-state index in [4.69, 9.17) is 9.84 Å². The van der Waals surface area contributed by atoms with Gasteiger partial charge in [-0.2, -0.15) is 0 Å². The van der Waals surface area contributed by atoms with Crippen LogP contribution in [-0.2, 0) is 6.42 Å². The molecule has 0 unspecified atom stereocenters.